The van der Waals surface area contributed by atoms with Crippen LogP contribution >= 0.6 is 0 Å². The van der Waals surface area contributed by atoms with Crippen molar-refractivity contribution < 1.29 is 14.3 Å². The van der Waals surface area contributed by atoms with Crippen LogP contribution in [-0.4, -0.2) is 24.7 Å². The summed E-state index contributed by atoms with van der Waals surface area (Å²) in [5.74, 6) is 1.17. The Morgan fingerprint density at radius 2 is 1.70 bits per heavy atom. The average Bonchev–Trinajstić information content (AvgIpc) is 3.17. The molecule has 5 nitrogen and oxygen atoms in total. The van der Waals surface area contributed by atoms with E-state index >= 15 is 0 Å². The molecular formula is C28H23N2O3. The molecule has 2 N–H and O–H groups in total. The van der Waals surface area contributed by atoms with Crippen molar-refractivity contribution in [3.63, 3.8) is 0 Å². The third kappa shape index (κ3) is 3.57. The van der Waals surface area contributed by atoms with E-state index in [0.29, 0.717) is 12.1 Å². The van der Waals surface area contributed by atoms with Gasteiger partial charge in [0, 0.05) is 21.9 Å². The fourth-order valence-corrected chi connectivity index (χ4v) is 4.39. The monoisotopic (exact) mass is 435 g/mol. The Kier molecular flexibility index (Phi) is 5.23. The Bertz CT molecular complexity index is 1480. The molecule has 33 heavy (non-hydrogen) atoms. The van der Waals surface area contributed by atoms with Gasteiger partial charge in [-0.1, -0.05) is 36.4 Å². The van der Waals surface area contributed by atoms with Crippen LogP contribution in [0.1, 0.15) is 15.9 Å². The molecule has 163 valence electrons. The van der Waals surface area contributed by atoms with Gasteiger partial charge in [-0.25, -0.2) is 0 Å². The Balaban J connectivity index is 1.77. The van der Waals surface area contributed by atoms with Crippen LogP contribution in [0.3, 0.4) is 0 Å². The molecule has 0 fully saturated rings. The first kappa shape index (κ1) is 20.6. The minimum absolute atomic E-state index is 0.454. The molecule has 0 saturated carbocycles. The van der Waals surface area contributed by atoms with Gasteiger partial charge >= 0.3 is 0 Å². The number of amides is 1. The lowest BCUT2D eigenvalue weighted by atomic mass is 10.0. The van der Waals surface area contributed by atoms with Gasteiger partial charge in [0.1, 0.15) is 11.5 Å². The third-order valence-electron chi connectivity index (χ3n) is 6.00. The number of rotatable bonds is 6. The van der Waals surface area contributed by atoms with Gasteiger partial charge in [-0.05, 0) is 59.7 Å². The van der Waals surface area contributed by atoms with Crippen LogP contribution in [0, 0.1) is 6.07 Å². The first-order valence-electron chi connectivity index (χ1n) is 10.6. The van der Waals surface area contributed by atoms with E-state index < -0.39 is 5.91 Å². The molecular weight excluding hydrogens is 412 g/mol. The summed E-state index contributed by atoms with van der Waals surface area (Å²) in [4.78, 5) is 12.2. The van der Waals surface area contributed by atoms with Gasteiger partial charge in [0.2, 0.25) is 5.91 Å². The summed E-state index contributed by atoms with van der Waals surface area (Å²) in [6, 6.07) is 29.0. The quantitative estimate of drug-likeness (QED) is 0.387. The number of aromatic nitrogens is 1. The fraction of sp³-hybridized carbons (Fsp3) is 0.107. The lowest BCUT2D eigenvalue weighted by Crippen LogP contribution is -2.11. The highest BCUT2D eigenvalue weighted by Crippen LogP contribution is 2.35. The van der Waals surface area contributed by atoms with E-state index in [0.717, 1.165) is 50.0 Å². The summed E-state index contributed by atoms with van der Waals surface area (Å²) in [6.07, 6.45) is 0. The van der Waals surface area contributed by atoms with E-state index in [1.54, 1.807) is 20.3 Å². The lowest BCUT2D eigenvalue weighted by Gasteiger charge is -2.12. The maximum absolute atomic E-state index is 12.2. The molecule has 0 unspecified atom stereocenters. The molecule has 5 aromatic rings. The standard InChI is InChI=1S/C28H23N2O3/c1-32-21-13-10-18(11-14-21)19-12-15-22-25(16-19)30(17-20-6-3-4-9-26(20)33-2)24-8-5-7-23(27(22)24)28(29)31/h3-14,16H,17H2,1-2H3,(H2,29,31). The highest BCUT2D eigenvalue weighted by atomic mass is 16.5. The normalized spacial score (nSPS) is 11.1. The Morgan fingerprint density at radius 3 is 2.42 bits per heavy atom. The molecule has 1 heterocycles. The predicted molar refractivity (Wildman–Crippen MR) is 131 cm³/mol. The molecule has 0 atom stereocenters. The van der Waals surface area contributed by atoms with Crippen LogP contribution in [0.4, 0.5) is 0 Å². The Labute approximate surface area is 192 Å². The maximum Gasteiger partial charge on any atom is 0.249 e. The SMILES string of the molecule is COc1ccc(-c2c[c]c3c4c(C(N)=O)cccc4n(Cc4ccccc4OC)c3c2)cc1. The Hall–Kier alpha value is -4.25. The van der Waals surface area contributed by atoms with Crippen LogP contribution in [0.2, 0.25) is 0 Å². The van der Waals surface area contributed by atoms with E-state index in [2.05, 4.69) is 16.7 Å². The summed E-state index contributed by atoms with van der Waals surface area (Å²) in [7, 11) is 3.33. The number of fused-ring (bicyclic) bond motifs is 3. The molecule has 4 aromatic carbocycles. The van der Waals surface area contributed by atoms with Gasteiger partial charge in [-0.2, -0.15) is 0 Å². The molecule has 0 aliphatic rings. The molecule has 0 aliphatic heterocycles. The van der Waals surface area contributed by atoms with Crippen LogP contribution in [0.15, 0.2) is 78.9 Å². The number of carbonyl (C=O) groups excluding carboxylic acids is 1. The van der Waals surface area contributed by atoms with Crippen molar-refractivity contribution in [3.05, 3.63) is 96.1 Å². The number of benzene rings is 4. The number of para-hydroxylation sites is 1. The van der Waals surface area contributed by atoms with Gasteiger partial charge in [-0.15, -0.1) is 0 Å². The van der Waals surface area contributed by atoms with Gasteiger partial charge < -0.3 is 19.8 Å². The molecule has 0 saturated heterocycles. The summed E-state index contributed by atoms with van der Waals surface area (Å²) >= 11 is 0. The molecule has 1 aromatic heterocycles. The topological polar surface area (TPSA) is 66.5 Å². The second-order valence-electron chi connectivity index (χ2n) is 7.84. The van der Waals surface area contributed by atoms with E-state index in [4.69, 9.17) is 15.2 Å². The lowest BCUT2D eigenvalue weighted by molar-refractivity contribution is 0.100. The van der Waals surface area contributed by atoms with Crippen molar-refractivity contribution in [3.8, 4) is 22.6 Å². The number of hydrogen-bond donors (Lipinski definition) is 1. The van der Waals surface area contributed by atoms with Crippen LogP contribution in [0.5, 0.6) is 11.5 Å². The van der Waals surface area contributed by atoms with E-state index in [1.807, 2.05) is 66.7 Å². The van der Waals surface area contributed by atoms with E-state index in [1.165, 1.54) is 0 Å². The molecule has 0 bridgehead atoms. The average molecular weight is 436 g/mol. The molecule has 0 aliphatic carbocycles. The maximum atomic E-state index is 12.2. The number of nitrogens with two attached hydrogens (primary N) is 1. The molecule has 0 spiro atoms. The van der Waals surface area contributed by atoms with E-state index in [-0.39, 0.29) is 0 Å². The minimum Gasteiger partial charge on any atom is -0.497 e. The first-order chi connectivity index (χ1) is 16.1. The highest BCUT2D eigenvalue weighted by molar-refractivity contribution is 6.18. The third-order valence-corrected chi connectivity index (χ3v) is 6.00. The second-order valence-corrected chi connectivity index (χ2v) is 7.84. The number of ether oxygens (including phenoxy) is 2. The smallest absolute Gasteiger partial charge is 0.249 e. The zero-order chi connectivity index (χ0) is 22.9. The number of methoxy groups -OCH3 is 2. The number of hydrogen-bond acceptors (Lipinski definition) is 3. The number of carbonyl (C=O) groups is 1. The van der Waals surface area contributed by atoms with Crippen molar-refractivity contribution in [1.29, 1.82) is 0 Å². The summed E-state index contributed by atoms with van der Waals surface area (Å²) in [5.41, 5.74) is 11.2. The Morgan fingerprint density at radius 1 is 0.909 bits per heavy atom. The minimum atomic E-state index is -0.454. The highest BCUT2D eigenvalue weighted by Gasteiger charge is 2.18. The summed E-state index contributed by atoms with van der Waals surface area (Å²) in [6.45, 7) is 0.576. The van der Waals surface area contributed by atoms with Crippen molar-refractivity contribution in [2.24, 2.45) is 5.73 Å². The first-order valence-corrected chi connectivity index (χ1v) is 10.6. The van der Waals surface area contributed by atoms with Gasteiger partial charge in [0.15, 0.2) is 0 Å². The van der Waals surface area contributed by atoms with Crippen molar-refractivity contribution >= 4 is 27.7 Å². The molecule has 5 heteroatoms. The van der Waals surface area contributed by atoms with Crippen LogP contribution in [0.25, 0.3) is 32.9 Å². The predicted octanol–water partition coefficient (Wildman–Crippen LogP) is 5.43. The van der Waals surface area contributed by atoms with E-state index in [9.17, 15) is 4.79 Å². The molecule has 1 radical (unpaired) electrons. The van der Waals surface area contributed by atoms with Crippen molar-refractivity contribution in [2.45, 2.75) is 6.54 Å². The van der Waals surface area contributed by atoms with Gasteiger partial charge in [0.25, 0.3) is 0 Å². The summed E-state index contributed by atoms with van der Waals surface area (Å²) in [5, 5.41) is 1.68. The fourth-order valence-electron chi connectivity index (χ4n) is 4.39. The number of primary amides is 1. The zero-order valence-corrected chi connectivity index (χ0v) is 18.5. The van der Waals surface area contributed by atoms with Gasteiger partial charge in [-0.3, -0.25) is 4.79 Å². The van der Waals surface area contributed by atoms with Crippen LogP contribution in [-0.2, 0) is 6.54 Å². The number of nitrogens with zero attached hydrogens (tertiary/aromatic N) is 1. The zero-order valence-electron chi connectivity index (χ0n) is 18.5. The molecule has 1 amide bonds. The van der Waals surface area contributed by atoms with Crippen molar-refractivity contribution in [1.82, 2.24) is 4.57 Å². The molecule has 5 rings (SSSR count). The summed E-state index contributed by atoms with van der Waals surface area (Å²) < 4.78 is 13.1. The largest absolute Gasteiger partial charge is 0.497 e. The second kappa shape index (κ2) is 8.36. The van der Waals surface area contributed by atoms with Crippen LogP contribution < -0.4 is 15.2 Å². The van der Waals surface area contributed by atoms with Gasteiger partial charge in [0.05, 0.1) is 31.8 Å². The van der Waals surface area contributed by atoms with Crippen molar-refractivity contribution in [2.75, 3.05) is 14.2 Å².